The minimum Gasteiger partial charge on any atom is -0.448 e. The molecule has 4 heterocycles. The van der Waals surface area contributed by atoms with E-state index in [1.54, 1.807) is 12.4 Å². The molecular weight excluding hydrogens is 400 g/mol. The van der Waals surface area contributed by atoms with E-state index in [1.807, 2.05) is 61.5 Å². The zero-order valence-corrected chi connectivity index (χ0v) is 20.8. The molecular formula is C21H46N6O4. The van der Waals surface area contributed by atoms with Gasteiger partial charge in [-0.2, -0.15) is 5.10 Å². The van der Waals surface area contributed by atoms with Crippen LogP contribution >= 0.6 is 0 Å². The van der Waals surface area contributed by atoms with Crippen LogP contribution in [0.25, 0.3) is 0 Å². The summed E-state index contributed by atoms with van der Waals surface area (Å²) in [5, 5.41) is 16.5. The number of ether oxygens (including phenoxy) is 1. The lowest BCUT2D eigenvalue weighted by atomic mass is 10.4. The molecule has 0 radical (unpaired) electrons. The summed E-state index contributed by atoms with van der Waals surface area (Å²) >= 11 is 0. The van der Waals surface area contributed by atoms with Crippen molar-refractivity contribution in [3.05, 3.63) is 18.5 Å². The fraction of sp³-hybridized carbons (Fsp3) is 0.714. The Hall–Kier alpha value is -2.78. The summed E-state index contributed by atoms with van der Waals surface area (Å²) < 4.78 is 4.40. The first-order valence-electron chi connectivity index (χ1n) is 11.3. The van der Waals surface area contributed by atoms with E-state index >= 15 is 0 Å². The summed E-state index contributed by atoms with van der Waals surface area (Å²) in [6, 6.07) is 1.79. The van der Waals surface area contributed by atoms with Gasteiger partial charge >= 0.3 is 12.1 Å². The largest absolute Gasteiger partial charge is 0.448 e. The molecule has 0 bridgehead atoms. The molecule has 3 aliphatic heterocycles. The molecule has 0 aliphatic carbocycles. The van der Waals surface area contributed by atoms with E-state index in [9.17, 15) is 14.4 Å². The van der Waals surface area contributed by atoms with Crippen LogP contribution in [0.2, 0.25) is 0 Å². The van der Waals surface area contributed by atoms with E-state index in [1.165, 1.54) is 0 Å². The zero-order chi connectivity index (χ0) is 24.8. The molecule has 5 N–H and O–H groups in total. The second-order valence-corrected chi connectivity index (χ2v) is 4.47. The number of carbonyl (C=O) groups excluding carboxylic acids is 3. The Morgan fingerprint density at radius 2 is 1.35 bits per heavy atom. The van der Waals surface area contributed by atoms with Crippen molar-refractivity contribution < 1.29 is 19.1 Å². The van der Waals surface area contributed by atoms with Gasteiger partial charge in [0.2, 0.25) is 5.91 Å². The summed E-state index contributed by atoms with van der Waals surface area (Å²) in [7, 11) is 0. The number of amides is 4. The second-order valence-electron chi connectivity index (χ2n) is 4.47. The molecule has 0 aromatic carbocycles. The normalized spacial score (nSPS) is 13.7. The minimum absolute atomic E-state index is 0.0463. The number of nitrogens with zero attached hydrogens (tertiary/aromatic N) is 1. The van der Waals surface area contributed by atoms with Crippen molar-refractivity contribution in [3.8, 4) is 0 Å². The first-order chi connectivity index (χ1) is 15.2. The third-order valence-corrected chi connectivity index (χ3v) is 2.61. The molecule has 4 amide bonds. The molecule has 3 aliphatic rings. The highest BCUT2D eigenvalue weighted by atomic mass is 16.6. The lowest BCUT2D eigenvalue weighted by Gasteiger charge is -1.80. The van der Waals surface area contributed by atoms with Crippen LogP contribution in [0, 0.1) is 0 Å². The Balaban J connectivity index is -0.000000142. The second kappa shape index (κ2) is 34.7. The van der Waals surface area contributed by atoms with E-state index in [0.29, 0.717) is 13.2 Å². The van der Waals surface area contributed by atoms with Crippen LogP contribution in [-0.2, 0) is 9.53 Å². The zero-order valence-electron chi connectivity index (χ0n) is 20.8. The molecule has 1 aromatic heterocycles. The standard InChI is InChI=1S/C4H7NO.C3H6N2O.C3H4N2.C3H5NO2.4C2H6/c6-4-2-1-3-5-4;6-3-4-1-2-5-3;1-2-4-5-3-1;5-3-4-1-2-6-3;4*1-2/h1-3H2,(H,5,6);1-2H2,(H2,4,5,6);1-3H,(H,4,5);1-2H2,(H,4,5);4*1-2H3. The molecule has 0 atom stereocenters. The number of aromatic nitrogens is 2. The fourth-order valence-corrected chi connectivity index (χ4v) is 1.54. The van der Waals surface area contributed by atoms with Gasteiger partial charge in [0.1, 0.15) is 6.61 Å². The molecule has 10 nitrogen and oxygen atoms in total. The Bertz CT molecular complexity index is 382. The Labute approximate surface area is 188 Å². The average molecular weight is 447 g/mol. The van der Waals surface area contributed by atoms with Gasteiger partial charge in [0.05, 0.1) is 6.54 Å². The van der Waals surface area contributed by atoms with Gasteiger partial charge in [0, 0.05) is 38.4 Å². The van der Waals surface area contributed by atoms with Gasteiger partial charge < -0.3 is 26.0 Å². The highest BCUT2D eigenvalue weighted by Gasteiger charge is 2.06. The highest BCUT2D eigenvalue weighted by molar-refractivity contribution is 5.77. The van der Waals surface area contributed by atoms with E-state index in [2.05, 4.69) is 36.2 Å². The molecule has 1 aromatic rings. The van der Waals surface area contributed by atoms with Crippen molar-refractivity contribution in [1.29, 1.82) is 0 Å². The van der Waals surface area contributed by atoms with Crippen LogP contribution in [0.3, 0.4) is 0 Å². The van der Waals surface area contributed by atoms with Gasteiger partial charge in [-0.15, -0.1) is 0 Å². The maximum Gasteiger partial charge on any atom is 0.407 e. The van der Waals surface area contributed by atoms with Crippen molar-refractivity contribution in [2.45, 2.75) is 68.2 Å². The quantitative estimate of drug-likeness (QED) is 0.416. The lowest BCUT2D eigenvalue weighted by Crippen LogP contribution is -2.20. The average Bonchev–Trinajstić information content (AvgIpc) is 3.65. The summed E-state index contributed by atoms with van der Waals surface area (Å²) in [5.41, 5.74) is 0. The van der Waals surface area contributed by atoms with Crippen LogP contribution in [-0.4, -0.2) is 61.0 Å². The first kappa shape index (κ1) is 35.6. The smallest absolute Gasteiger partial charge is 0.407 e. The minimum atomic E-state index is -0.296. The van der Waals surface area contributed by atoms with Crippen molar-refractivity contribution in [3.63, 3.8) is 0 Å². The van der Waals surface area contributed by atoms with E-state index in [0.717, 1.165) is 32.5 Å². The molecule has 31 heavy (non-hydrogen) atoms. The van der Waals surface area contributed by atoms with Crippen LogP contribution in [0.1, 0.15) is 68.2 Å². The maximum absolute atomic E-state index is 10.1. The van der Waals surface area contributed by atoms with Gasteiger partial charge in [0.25, 0.3) is 0 Å². The number of hydrogen-bond acceptors (Lipinski definition) is 5. The number of hydrogen-bond donors (Lipinski definition) is 5. The van der Waals surface area contributed by atoms with Crippen LogP contribution in [0.4, 0.5) is 9.59 Å². The topological polar surface area (TPSA) is 137 Å². The van der Waals surface area contributed by atoms with Crippen molar-refractivity contribution in [2.75, 3.05) is 32.8 Å². The molecule has 3 fully saturated rings. The molecule has 0 saturated carbocycles. The van der Waals surface area contributed by atoms with Crippen molar-refractivity contribution >= 4 is 18.0 Å². The number of rotatable bonds is 0. The van der Waals surface area contributed by atoms with Crippen molar-refractivity contribution in [1.82, 2.24) is 31.5 Å². The predicted molar refractivity (Wildman–Crippen MR) is 127 cm³/mol. The number of urea groups is 1. The van der Waals surface area contributed by atoms with Crippen LogP contribution in [0.5, 0.6) is 0 Å². The number of cyclic esters (lactones) is 1. The molecule has 10 heteroatoms. The maximum atomic E-state index is 10.1. The summed E-state index contributed by atoms with van der Waals surface area (Å²) in [4.78, 5) is 30.1. The van der Waals surface area contributed by atoms with Gasteiger partial charge in [-0.05, 0) is 12.5 Å². The molecule has 4 rings (SSSR count). The van der Waals surface area contributed by atoms with Crippen molar-refractivity contribution in [2.24, 2.45) is 0 Å². The Kier molecular flexibility index (Phi) is 39.9. The van der Waals surface area contributed by atoms with Gasteiger partial charge in [0.15, 0.2) is 0 Å². The third kappa shape index (κ3) is 32.1. The van der Waals surface area contributed by atoms with E-state index < -0.39 is 0 Å². The first-order valence-corrected chi connectivity index (χ1v) is 11.3. The van der Waals surface area contributed by atoms with E-state index in [4.69, 9.17) is 0 Å². The SMILES string of the molecule is CC.CC.CC.CC.O=C1CCCN1.O=C1NCCN1.O=C1NCCO1.c1cn[nH]c1. The van der Waals surface area contributed by atoms with Crippen LogP contribution < -0.4 is 21.3 Å². The summed E-state index contributed by atoms with van der Waals surface area (Å²) in [6.45, 7) is 19.6. The summed E-state index contributed by atoms with van der Waals surface area (Å²) in [5.74, 6) is 0.204. The predicted octanol–water partition coefficient (Wildman–Crippen LogP) is 3.44. The number of H-pyrrole nitrogens is 1. The molecule has 184 valence electrons. The molecule has 3 saturated heterocycles. The fourth-order valence-electron chi connectivity index (χ4n) is 1.54. The van der Waals surface area contributed by atoms with Crippen LogP contribution in [0.15, 0.2) is 18.5 Å². The van der Waals surface area contributed by atoms with E-state index in [-0.39, 0.29) is 18.0 Å². The Morgan fingerprint density at radius 1 is 0.774 bits per heavy atom. The molecule has 0 unspecified atom stereocenters. The van der Waals surface area contributed by atoms with Gasteiger partial charge in [-0.25, -0.2) is 9.59 Å². The number of aromatic amines is 1. The number of carbonyl (C=O) groups is 3. The molecule has 0 spiro atoms. The number of nitrogens with one attached hydrogen (secondary N) is 5. The van der Waals surface area contributed by atoms with Gasteiger partial charge in [-0.1, -0.05) is 55.4 Å². The van der Waals surface area contributed by atoms with Gasteiger partial charge in [-0.3, -0.25) is 9.89 Å². The number of alkyl carbamates (subject to hydrolysis) is 1. The highest BCUT2D eigenvalue weighted by Crippen LogP contribution is 1.93. The lowest BCUT2D eigenvalue weighted by molar-refractivity contribution is -0.119. The third-order valence-electron chi connectivity index (χ3n) is 2.61. The Morgan fingerprint density at radius 3 is 1.48 bits per heavy atom. The summed E-state index contributed by atoms with van der Waals surface area (Å²) in [6.07, 6.45) is 4.92. The monoisotopic (exact) mass is 446 g/mol.